The van der Waals surface area contributed by atoms with Gasteiger partial charge in [0.15, 0.2) is 6.61 Å². The molecular formula is C9H7NO4. The average Bonchev–Trinajstić information content (AvgIpc) is 2.62. The summed E-state index contributed by atoms with van der Waals surface area (Å²) < 4.78 is 9.96. The number of aliphatic carboxylic acids is 1. The lowest BCUT2D eigenvalue weighted by Crippen LogP contribution is -2.09. The first-order chi connectivity index (χ1) is 6.77. The molecule has 2 aromatic rings. The fourth-order valence-corrected chi connectivity index (χ4v) is 1.12. The highest BCUT2D eigenvalue weighted by molar-refractivity contribution is 5.86. The van der Waals surface area contributed by atoms with Crippen LogP contribution < -0.4 is 4.74 Å². The summed E-state index contributed by atoms with van der Waals surface area (Å²) in [4.78, 5) is 14.2. The summed E-state index contributed by atoms with van der Waals surface area (Å²) in [5.41, 5.74) is 0. The number of carbonyl (C=O) groups is 1. The normalized spacial score (nSPS) is 10.3. The van der Waals surface area contributed by atoms with Crippen molar-refractivity contribution in [3.05, 3.63) is 24.9 Å². The van der Waals surface area contributed by atoms with Crippen LogP contribution in [-0.4, -0.2) is 22.7 Å². The molecule has 0 aromatic carbocycles. The van der Waals surface area contributed by atoms with Crippen molar-refractivity contribution in [2.75, 3.05) is 6.61 Å². The molecule has 0 aliphatic heterocycles. The molecule has 14 heavy (non-hydrogen) atoms. The first-order valence-electron chi connectivity index (χ1n) is 3.92. The molecule has 5 nitrogen and oxygen atoms in total. The van der Waals surface area contributed by atoms with E-state index in [9.17, 15) is 4.79 Å². The Morgan fingerprint density at radius 2 is 2.36 bits per heavy atom. The zero-order chi connectivity index (χ0) is 9.97. The zero-order valence-electron chi connectivity index (χ0n) is 7.14. The van der Waals surface area contributed by atoms with Crippen molar-refractivity contribution >= 4 is 16.7 Å². The van der Waals surface area contributed by atoms with Gasteiger partial charge in [-0.15, -0.1) is 0 Å². The highest BCUT2D eigenvalue weighted by atomic mass is 16.5. The van der Waals surface area contributed by atoms with Crippen LogP contribution >= 0.6 is 0 Å². The Hall–Kier alpha value is -2.04. The molecule has 2 heterocycles. The topological polar surface area (TPSA) is 72.6 Å². The van der Waals surface area contributed by atoms with Gasteiger partial charge in [0.25, 0.3) is 0 Å². The molecule has 2 rings (SSSR count). The number of carboxylic acids is 1. The van der Waals surface area contributed by atoms with E-state index in [4.69, 9.17) is 14.3 Å². The van der Waals surface area contributed by atoms with E-state index >= 15 is 0 Å². The molecule has 0 saturated heterocycles. The van der Waals surface area contributed by atoms with E-state index in [1.807, 2.05) is 0 Å². The van der Waals surface area contributed by atoms with Crippen LogP contribution in [0.5, 0.6) is 5.75 Å². The summed E-state index contributed by atoms with van der Waals surface area (Å²) >= 11 is 0. The van der Waals surface area contributed by atoms with Crippen LogP contribution in [0.25, 0.3) is 10.8 Å². The molecule has 0 bridgehead atoms. The molecule has 0 fully saturated rings. The quantitative estimate of drug-likeness (QED) is 0.795. The van der Waals surface area contributed by atoms with Crippen LogP contribution in [0, 0.1) is 0 Å². The molecular weight excluding hydrogens is 186 g/mol. The molecule has 0 saturated carbocycles. The Bertz CT molecular complexity index is 463. The summed E-state index contributed by atoms with van der Waals surface area (Å²) in [6.45, 7) is -0.383. The van der Waals surface area contributed by atoms with Crippen molar-refractivity contribution in [2.45, 2.75) is 0 Å². The number of pyridine rings is 1. The van der Waals surface area contributed by atoms with Crippen molar-refractivity contribution in [2.24, 2.45) is 0 Å². The Balaban J connectivity index is 2.32. The van der Waals surface area contributed by atoms with Crippen LogP contribution in [-0.2, 0) is 4.79 Å². The maximum Gasteiger partial charge on any atom is 0.341 e. The second-order valence-electron chi connectivity index (χ2n) is 2.69. The molecule has 0 radical (unpaired) electrons. The fourth-order valence-electron chi connectivity index (χ4n) is 1.12. The molecule has 0 spiro atoms. The van der Waals surface area contributed by atoms with E-state index in [-0.39, 0.29) is 6.61 Å². The van der Waals surface area contributed by atoms with Crippen molar-refractivity contribution in [1.29, 1.82) is 0 Å². The van der Waals surface area contributed by atoms with Gasteiger partial charge in [-0.25, -0.2) is 4.79 Å². The summed E-state index contributed by atoms with van der Waals surface area (Å²) in [6, 6.07) is 0. The predicted octanol–water partition coefficient (Wildman–Crippen LogP) is 1.29. The Labute approximate surface area is 78.9 Å². The highest BCUT2D eigenvalue weighted by Crippen LogP contribution is 2.24. The number of carboxylic acid groups (broad SMARTS) is 1. The van der Waals surface area contributed by atoms with Crippen LogP contribution in [0.2, 0.25) is 0 Å². The second-order valence-corrected chi connectivity index (χ2v) is 2.69. The molecule has 0 aliphatic carbocycles. The number of rotatable bonds is 3. The van der Waals surface area contributed by atoms with Gasteiger partial charge in [-0.1, -0.05) is 0 Å². The van der Waals surface area contributed by atoms with Gasteiger partial charge < -0.3 is 14.3 Å². The first-order valence-corrected chi connectivity index (χ1v) is 3.92. The van der Waals surface area contributed by atoms with E-state index in [0.29, 0.717) is 5.75 Å². The van der Waals surface area contributed by atoms with Gasteiger partial charge in [0, 0.05) is 11.6 Å². The molecule has 1 N–H and O–H groups in total. The SMILES string of the molecule is O=C(O)COc1cncc2cocc12. The molecule has 0 amide bonds. The summed E-state index contributed by atoms with van der Waals surface area (Å²) in [5.74, 6) is -0.607. The predicted molar refractivity (Wildman–Crippen MR) is 47.1 cm³/mol. The van der Waals surface area contributed by atoms with Gasteiger partial charge in [0.1, 0.15) is 12.0 Å². The third kappa shape index (κ3) is 1.52. The third-order valence-electron chi connectivity index (χ3n) is 1.71. The van der Waals surface area contributed by atoms with Gasteiger partial charge in [-0.3, -0.25) is 4.98 Å². The Morgan fingerprint density at radius 3 is 3.14 bits per heavy atom. The number of ether oxygens (including phenoxy) is 1. The number of nitrogens with zero attached hydrogens (tertiary/aromatic N) is 1. The molecule has 0 atom stereocenters. The lowest BCUT2D eigenvalue weighted by molar-refractivity contribution is -0.139. The molecule has 5 heteroatoms. The van der Waals surface area contributed by atoms with Gasteiger partial charge in [-0.05, 0) is 0 Å². The minimum absolute atomic E-state index is 0.383. The van der Waals surface area contributed by atoms with E-state index < -0.39 is 5.97 Å². The van der Waals surface area contributed by atoms with Gasteiger partial charge in [-0.2, -0.15) is 0 Å². The van der Waals surface area contributed by atoms with Crippen molar-refractivity contribution < 1.29 is 19.1 Å². The lowest BCUT2D eigenvalue weighted by Gasteiger charge is -2.02. The van der Waals surface area contributed by atoms with E-state index in [2.05, 4.69) is 4.98 Å². The molecule has 2 aromatic heterocycles. The van der Waals surface area contributed by atoms with Gasteiger partial charge in [0.05, 0.1) is 17.8 Å². The molecule has 0 aliphatic rings. The fraction of sp³-hybridized carbons (Fsp3) is 0.111. The third-order valence-corrected chi connectivity index (χ3v) is 1.71. The Kier molecular flexibility index (Phi) is 2.06. The van der Waals surface area contributed by atoms with E-state index in [1.165, 1.54) is 18.7 Å². The van der Waals surface area contributed by atoms with Crippen molar-refractivity contribution in [3.63, 3.8) is 0 Å². The van der Waals surface area contributed by atoms with Gasteiger partial charge >= 0.3 is 5.97 Å². The standard InChI is InChI=1S/C9H7NO4/c11-9(12)5-14-8-2-10-1-6-3-13-4-7(6)8/h1-4H,5H2,(H,11,12). The number of hydrogen-bond acceptors (Lipinski definition) is 4. The smallest absolute Gasteiger partial charge is 0.341 e. The second kappa shape index (κ2) is 3.37. The Morgan fingerprint density at radius 1 is 1.50 bits per heavy atom. The maximum absolute atomic E-state index is 10.3. The van der Waals surface area contributed by atoms with Gasteiger partial charge in [0.2, 0.25) is 0 Å². The summed E-state index contributed by atoms with van der Waals surface area (Å²) in [5, 5.41) is 9.94. The number of furan rings is 1. The minimum atomic E-state index is -1.02. The molecule has 0 unspecified atom stereocenters. The number of fused-ring (bicyclic) bond motifs is 1. The van der Waals surface area contributed by atoms with E-state index in [1.54, 1.807) is 6.20 Å². The van der Waals surface area contributed by atoms with Crippen LogP contribution in [0.1, 0.15) is 0 Å². The summed E-state index contributed by atoms with van der Waals surface area (Å²) in [6.07, 6.45) is 6.09. The maximum atomic E-state index is 10.3. The average molecular weight is 193 g/mol. The number of hydrogen-bond donors (Lipinski definition) is 1. The van der Waals surface area contributed by atoms with E-state index in [0.717, 1.165) is 10.8 Å². The summed E-state index contributed by atoms with van der Waals surface area (Å²) in [7, 11) is 0. The highest BCUT2D eigenvalue weighted by Gasteiger charge is 2.06. The minimum Gasteiger partial charge on any atom is -0.480 e. The van der Waals surface area contributed by atoms with Crippen LogP contribution in [0.3, 0.4) is 0 Å². The first kappa shape index (κ1) is 8.55. The lowest BCUT2D eigenvalue weighted by atomic mass is 10.3. The largest absolute Gasteiger partial charge is 0.480 e. The van der Waals surface area contributed by atoms with Crippen molar-refractivity contribution in [3.8, 4) is 5.75 Å². The zero-order valence-corrected chi connectivity index (χ0v) is 7.14. The monoisotopic (exact) mass is 193 g/mol. The van der Waals surface area contributed by atoms with Crippen molar-refractivity contribution in [1.82, 2.24) is 4.98 Å². The number of aromatic nitrogens is 1. The molecule has 72 valence electrons. The van der Waals surface area contributed by atoms with Crippen LogP contribution in [0.4, 0.5) is 0 Å². The van der Waals surface area contributed by atoms with Crippen LogP contribution in [0.15, 0.2) is 29.3 Å².